The smallest absolute Gasteiger partial charge is 0.317 e. The third-order valence-electron chi connectivity index (χ3n) is 16.6. The molecule has 2 fully saturated rings. The Bertz CT molecular complexity index is 3530. The number of phenolic OH excluding ortho intramolecular Hbond substituents is 1. The number of para-hydroxylation sites is 1. The second kappa shape index (κ2) is 47.2. The molecule has 0 unspecified atom stereocenters. The predicted octanol–water partition coefficient (Wildman–Crippen LogP) is -3.29. The summed E-state index contributed by atoms with van der Waals surface area (Å²) in [6.45, 7) is 3.25. The van der Waals surface area contributed by atoms with Gasteiger partial charge in [0.2, 0.25) is 47.3 Å². The number of aliphatic hydroxyl groups is 3. The van der Waals surface area contributed by atoms with Gasteiger partial charge in [-0.05, 0) is 74.5 Å². The number of nitrogens with two attached hydrogens (primary N) is 1. The van der Waals surface area contributed by atoms with Crippen molar-refractivity contribution in [1.82, 2.24) is 67.1 Å². The van der Waals surface area contributed by atoms with Gasteiger partial charge in [-0.25, -0.2) is 0 Å². The maximum absolute atomic E-state index is 15.3. The number of amides is 8. The molecule has 590 valence electrons. The van der Waals surface area contributed by atoms with Gasteiger partial charge in [0, 0.05) is 114 Å². The molecule has 10 atom stereocenters. The van der Waals surface area contributed by atoms with Crippen molar-refractivity contribution in [3.63, 3.8) is 0 Å². The Morgan fingerprint density at radius 1 is 0.570 bits per heavy atom. The number of carbonyl (C=O) groups excluding carboxylic acids is 8. The summed E-state index contributed by atoms with van der Waals surface area (Å²) in [5.41, 5.74) is 8.05. The van der Waals surface area contributed by atoms with Gasteiger partial charge in [0.1, 0.15) is 48.0 Å². The Morgan fingerprint density at radius 3 is 1.57 bits per heavy atom. The molecular formula is C69H100N14O22S2. The number of aromatic hydroxyl groups is 1. The molecule has 36 nitrogen and oxygen atoms in total. The van der Waals surface area contributed by atoms with Gasteiger partial charge in [-0.15, -0.1) is 0 Å². The zero-order chi connectivity index (χ0) is 79.3. The van der Waals surface area contributed by atoms with E-state index in [4.69, 9.17) is 25.5 Å². The average Bonchev–Trinajstić information content (AvgIpc) is 1.69. The monoisotopic (exact) mass is 1540 g/mol. The molecule has 8 amide bonds. The van der Waals surface area contributed by atoms with Gasteiger partial charge in [0.25, 0.3) is 11.9 Å². The number of unbranched alkanes of at least 4 members (excludes halogenated alkanes) is 1. The number of fused-ring (bicyclic) bond motifs is 1. The number of nitrogens with one attached hydrogen (secondary N) is 9. The molecule has 20 N–H and O–H groups in total. The summed E-state index contributed by atoms with van der Waals surface area (Å²) < 4.78 is 0. The number of H-pyrrole nitrogens is 1. The number of aliphatic hydroxyl groups excluding tert-OH is 3. The Labute approximate surface area is 625 Å². The minimum atomic E-state index is -1.77. The number of aromatic nitrogens is 1. The normalized spacial score (nSPS) is 20.8. The molecule has 0 saturated carbocycles. The topological polar surface area (TPSA) is 555 Å². The lowest BCUT2D eigenvalue weighted by molar-refractivity contribution is -0.140. The molecule has 38 heteroatoms. The summed E-state index contributed by atoms with van der Waals surface area (Å²) in [5.74, 6) is -13.3. The predicted molar refractivity (Wildman–Crippen MR) is 393 cm³/mol. The second-order valence-electron chi connectivity index (χ2n) is 25.5. The zero-order valence-corrected chi connectivity index (χ0v) is 61.6. The third kappa shape index (κ3) is 34.3. The number of phenols is 1. The van der Waals surface area contributed by atoms with Gasteiger partial charge in [-0.3, -0.25) is 81.9 Å². The summed E-state index contributed by atoms with van der Waals surface area (Å²) in [5, 5.41) is 108. The summed E-state index contributed by atoms with van der Waals surface area (Å²) in [7, 11) is 1.81. The number of aliphatic carboxylic acids is 5. The van der Waals surface area contributed by atoms with Crippen molar-refractivity contribution in [3.05, 3.63) is 102 Å². The molecule has 107 heavy (non-hydrogen) atoms. The molecule has 0 bridgehead atoms. The SMILES string of the molecule is CC(=O)O.CC(=O)O.C[C@@H](O)[C@@H]1NC(=O)[C@H](CCCCN)NC(=O)[C@@H](Cc2c[nH]c3ccccc23)NC(=O)[C@H](Cc2ccc(O)cc2)NC(=O)[C@@H](NC(=O)[C@@H](Cc2ccccc2)NC(=O)CN2CCN(CC(=O)O)CCN(CC(=O)O)CCN(CC(=O)O)CC2)CSSC[C@@H](C(=O)N[C@H](CO)[C@@H](C)O)NC1=O. The van der Waals surface area contributed by atoms with Crippen molar-refractivity contribution in [2.75, 3.05) is 103 Å². The molecule has 3 heterocycles. The molecule has 3 aromatic carbocycles. The number of nitrogens with zero attached hydrogens (tertiary/aromatic N) is 4. The minimum absolute atomic E-state index is 0.0540. The van der Waals surface area contributed by atoms with Gasteiger partial charge in [-0.2, -0.15) is 0 Å². The number of benzene rings is 3. The van der Waals surface area contributed by atoms with Crippen LogP contribution in [0.1, 0.15) is 63.6 Å². The highest BCUT2D eigenvalue weighted by molar-refractivity contribution is 8.76. The number of carboxylic acid groups (broad SMARTS) is 5. The molecule has 1 aromatic heterocycles. The van der Waals surface area contributed by atoms with E-state index < -0.39 is 164 Å². The van der Waals surface area contributed by atoms with Crippen molar-refractivity contribution in [2.24, 2.45) is 5.73 Å². The number of carbonyl (C=O) groups is 13. The minimum Gasteiger partial charge on any atom is -0.508 e. The highest BCUT2D eigenvalue weighted by Gasteiger charge is 2.38. The van der Waals surface area contributed by atoms with E-state index in [1.165, 1.54) is 38.1 Å². The van der Waals surface area contributed by atoms with E-state index in [9.17, 15) is 74.1 Å². The fourth-order valence-corrected chi connectivity index (χ4v) is 13.4. The molecule has 2 aliphatic rings. The van der Waals surface area contributed by atoms with E-state index in [0.29, 0.717) is 34.0 Å². The maximum atomic E-state index is 15.3. The molecule has 2 aliphatic heterocycles. The maximum Gasteiger partial charge on any atom is 0.317 e. The van der Waals surface area contributed by atoms with Crippen LogP contribution < -0.4 is 48.3 Å². The number of rotatable bonds is 26. The largest absolute Gasteiger partial charge is 0.508 e. The summed E-state index contributed by atoms with van der Waals surface area (Å²) in [4.78, 5) is 181. The van der Waals surface area contributed by atoms with Crippen LogP contribution in [0.2, 0.25) is 0 Å². The first kappa shape index (κ1) is 89.9. The Hall–Kier alpha value is -9.51. The van der Waals surface area contributed by atoms with Crippen LogP contribution in [-0.2, 0) is 81.6 Å². The molecule has 2 saturated heterocycles. The Kier molecular flexibility index (Phi) is 39.7. The summed E-state index contributed by atoms with van der Waals surface area (Å²) in [6, 6.07) is 9.21. The molecule has 0 radical (unpaired) electrons. The van der Waals surface area contributed by atoms with Crippen molar-refractivity contribution >= 4 is 110 Å². The quantitative estimate of drug-likeness (QED) is 0.0216. The van der Waals surface area contributed by atoms with E-state index >= 15 is 14.4 Å². The first-order chi connectivity index (χ1) is 50.7. The highest BCUT2D eigenvalue weighted by atomic mass is 33.1. The summed E-state index contributed by atoms with van der Waals surface area (Å²) >= 11 is 0. The van der Waals surface area contributed by atoms with Crippen LogP contribution in [0.15, 0.2) is 85.1 Å². The van der Waals surface area contributed by atoms with Crippen LogP contribution in [0, 0.1) is 0 Å². The van der Waals surface area contributed by atoms with Gasteiger partial charge in [0.05, 0.1) is 51.0 Å². The van der Waals surface area contributed by atoms with Crippen LogP contribution in [0.3, 0.4) is 0 Å². The fourth-order valence-electron chi connectivity index (χ4n) is 11.1. The van der Waals surface area contributed by atoms with Crippen LogP contribution in [0.5, 0.6) is 5.75 Å². The highest BCUT2D eigenvalue weighted by Crippen LogP contribution is 2.25. The van der Waals surface area contributed by atoms with Crippen molar-refractivity contribution in [3.8, 4) is 5.75 Å². The molecular weight excluding hydrogens is 1440 g/mol. The molecule has 0 spiro atoms. The van der Waals surface area contributed by atoms with Gasteiger partial charge in [-0.1, -0.05) is 82.3 Å². The zero-order valence-electron chi connectivity index (χ0n) is 59.9. The average molecular weight is 1540 g/mol. The lowest BCUT2D eigenvalue weighted by Crippen LogP contribution is -2.62. The van der Waals surface area contributed by atoms with Crippen molar-refractivity contribution < 1.29 is 108 Å². The van der Waals surface area contributed by atoms with Crippen molar-refractivity contribution in [2.45, 2.75) is 127 Å². The van der Waals surface area contributed by atoms with Crippen LogP contribution in [-0.4, -0.2) is 311 Å². The Balaban J connectivity index is 0.00000287. The van der Waals surface area contributed by atoms with E-state index in [1.807, 2.05) is 0 Å². The lowest BCUT2D eigenvalue weighted by Gasteiger charge is -2.33. The molecule has 6 rings (SSSR count). The number of hydrogen-bond donors (Lipinski definition) is 19. The Morgan fingerprint density at radius 2 is 1.06 bits per heavy atom. The van der Waals surface area contributed by atoms with Crippen LogP contribution in [0.25, 0.3) is 10.9 Å². The van der Waals surface area contributed by atoms with E-state index in [-0.39, 0.29) is 115 Å². The van der Waals surface area contributed by atoms with Gasteiger partial charge in [0.15, 0.2) is 0 Å². The van der Waals surface area contributed by atoms with E-state index in [2.05, 4.69) is 47.5 Å². The van der Waals surface area contributed by atoms with Gasteiger partial charge < -0.3 is 99.2 Å². The van der Waals surface area contributed by atoms with Gasteiger partial charge >= 0.3 is 17.9 Å². The third-order valence-corrected chi connectivity index (χ3v) is 19.0. The summed E-state index contributed by atoms with van der Waals surface area (Å²) in [6.07, 6.45) is -1.31. The number of aromatic amines is 1. The molecule has 0 aliphatic carbocycles. The fraction of sp³-hybridized carbons (Fsp3) is 0.522. The van der Waals surface area contributed by atoms with Crippen molar-refractivity contribution in [1.29, 1.82) is 0 Å². The van der Waals surface area contributed by atoms with E-state index in [1.54, 1.807) is 80.4 Å². The molecule has 4 aromatic rings. The number of hydrogen-bond acceptors (Lipinski definition) is 24. The standard InChI is InChI=1S/C65H92N14O18S2.2C2H4O2/c1-39(81)51(36-80)72-64(96)53-38-99-98-37-52(73-60(92)48(28-41-10-4-3-5-11-41)68-54(84)32-76-20-22-77(33-55(85)86)24-26-79(35-57(89)90)27-25-78(23-21-76)34-56(87)88)63(95)70-49(29-42-15-17-44(83)18-16-42)61(93)71-50(30-43-31-67-46-13-7-6-12-45(43)46)62(94)69-47(14-8-9-19-66)59(91)75-58(40(2)82)65(97)74-53;2*1-2(3)4/h3-7,10-13,15-18,31,39-40,47-53,58,67,80-83H,8-9,14,19-30,32-38,66H2,1-2H3,(H,68,84)(H,69,94)(H,70,95)(H,71,93)(H,72,96)(H,73,92)(H,74,97)(H,75,91)(H,85,86)(H,87,88)(H,89,90);2*1H3,(H,3,4)/t39-,40-,47+,48-,49+,50-,51-,52+,53+,58+;;/m1../s1. The van der Waals surface area contributed by atoms with Crippen LogP contribution in [0.4, 0.5) is 0 Å². The van der Waals surface area contributed by atoms with Crippen LogP contribution >= 0.6 is 21.6 Å². The van der Waals surface area contributed by atoms with E-state index in [0.717, 1.165) is 35.4 Å². The lowest BCUT2D eigenvalue weighted by atomic mass is 10.0. The first-order valence-electron chi connectivity index (χ1n) is 34.4. The second-order valence-corrected chi connectivity index (χ2v) is 28.0. The first-order valence-corrected chi connectivity index (χ1v) is 36.9. The number of carboxylic acids is 5.